The normalized spacial score (nSPS) is 11.8. The van der Waals surface area contributed by atoms with Crippen molar-refractivity contribution >= 4 is 45.3 Å². The lowest BCUT2D eigenvalue weighted by atomic mass is 10.0. The molecule has 2 heterocycles. The molecule has 1 aliphatic heterocycles. The first-order valence-corrected chi connectivity index (χ1v) is 11.5. The fourth-order valence-corrected chi connectivity index (χ4v) is 4.89. The summed E-state index contributed by atoms with van der Waals surface area (Å²) in [5.41, 5.74) is 4.46. The molecular weight excluding hydrogens is 444 g/mol. The van der Waals surface area contributed by atoms with Crippen LogP contribution in [0.15, 0.2) is 42.5 Å². The van der Waals surface area contributed by atoms with Gasteiger partial charge in [0.1, 0.15) is 5.00 Å². The van der Waals surface area contributed by atoms with E-state index in [1.807, 2.05) is 56.3 Å². The molecule has 4 rings (SSSR count). The van der Waals surface area contributed by atoms with Crippen LogP contribution in [0.4, 0.5) is 10.7 Å². The van der Waals surface area contributed by atoms with Gasteiger partial charge < -0.3 is 24.8 Å². The Hall–Kier alpha value is -3.10. The first-order valence-electron chi connectivity index (χ1n) is 10.3. The molecular formula is C24H24N2O4S2. The van der Waals surface area contributed by atoms with E-state index in [2.05, 4.69) is 10.6 Å². The monoisotopic (exact) mass is 468 g/mol. The molecule has 2 N–H and O–H groups in total. The van der Waals surface area contributed by atoms with Crippen LogP contribution in [-0.2, 0) is 11.2 Å². The van der Waals surface area contributed by atoms with Crippen LogP contribution >= 0.6 is 23.6 Å². The molecule has 2 aromatic carbocycles. The Kier molecular flexibility index (Phi) is 6.62. The van der Waals surface area contributed by atoms with Crippen LogP contribution in [0.3, 0.4) is 0 Å². The van der Waals surface area contributed by atoms with E-state index >= 15 is 0 Å². The average Bonchev–Trinajstić information content (AvgIpc) is 3.32. The summed E-state index contributed by atoms with van der Waals surface area (Å²) in [7, 11) is 0. The lowest BCUT2D eigenvalue weighted by Crippen LogP contribution is -2.20. The molecule has 0 radical (unpaired) electrons. The Morgan fingerprint density at radius 1 is 1.12 bits per heavy atom. The molecule has 1 aromatic heterocycles. The van der Waals surface area contributed by atoms with Crippen LogP contribution in [0, 0.1) is 13.8 Å². The lowest BCUT2D eigenvalue weighted by Gasteiger charge is -2.12. The number of aryl methyl sites for hydroxylation is 2. The lowest BCUT2D eigenvalue weighted by molar-refractivity contribution is 0.0527. The Balaban J connectivity index is 1.61. The van der Waals surface area contributed by atoms with Crippen LogP contribution in [-0.4, -0.2) is 24.5 Å². The minimum absolute atomic E-state index is 0.226. The third-order valence-electron chi connectivity index (χ3n) is 5.01. The van der Waals surface area contributed by atoms with E-state index in [1.165, 1.54) is 11.3 Å². The smallest absolute Gasteiger partial charge is 0.341 e. The fourth-order valence-electron chi connectivity index (χ4n) is 3.54. The maximum absolute atomic E-state index is 12.9. The number of hydrogen-bond donors (Lipinski definition) is 2. The summed E-state index contributed by atoms with van der Waals surface area (Å²) in [6.45, 7) is 6.33. The number of carbonyl (C=O) groups is 1. The van der Waals surface area contributed by atoms with Gasteiger partial charge in [0.2, 0.25) is 6.79 Å². The summed E-state index contributed by atoms with van der Waals surface area (Å²) in [5, 5.41) is 7.46. The fraction of sp³-hybridized carbons (Fsp3) is 0.250. The summed E-state index contributed by atoms with van der Waals surface area (Å²) < 4.78 is 16.3. The number of hydrogen-bond acceptors (Lipinski definition) is 6. The van der Waals surface area contributed by atoms with Crippen molar-refractivity contribution in [3.05, 3.63) is 69.6 Å². The predicted octanol–water partition coefficient (Wildman–Crippen LogP) is 5.67. The average molecular weight is 469 g/mol. The maximum atomic E-state index is 12.9. The summed E-state index contributed by atoms with van der Waals surface area (Å²) in [4.78, 5) is 13.9. The van der Waals surface area contributed by atoms with Crippen molar-refractivity contribution in [3.63, 3.8) is 0 Å². The van der Waals surface area contributed by atoms with Crippen LogP contribution < -0.4 is 20.1 Å². The van der Waals surface area contributed by atoms with Crippen molar-refractivity contribution in [3.8, 4) is 11.5 Å². The zero-order chi connectivity index (χ0) is 22.7. The molecule has 0 bridgehead atoms. The largest absolute Gasteiger partial charge is 0.462 e. The van der Waals surface area contributed by atoms with Crippen LogP contribution in [0.2, 0.25) is 0 Å². The maximum Gasteiger partial charge on any atom is 0.341 e. The molecule has 32 heavy (non-hydrogen) atoms. The Morgan fingerprint density at radius 3 is 2.72 bits per heavy atom. The number of fused-ring (bicyclic) bond motifs is 1. The van der Waals surface area contributed by atoms with Gasteiger partial charge in [-0.05, 0) is 80.4 Å². The molecule has 0 unspecified atom stereocenters. The van der Waals surface area contributed by atoms with Gasteiger partial charge in [0.15, 0.2) is 16.6 Å². The number of nitrogens with one attached hydrogen (secondary N) is 2. The van der Waals surface area contributed by atoms with Crippen LogP contribution in [0.5, 0.6) is 11.5 Å². The first kappa shape index (κ1) is 22.1. The first-order chi connectivity index (χ1) is 15.4. The molecule has 0 spiro atoms. The second-order valence-electron chi connectivity index (χ2n) is 7.37. The molecule has 0 fully saturated rings. The summed E-state index contributed by atoms with van der Waals surface area (Å²) >= 11 is 7.00. The van der Waals surface area contributed by atoms with Crippen molar-refractivity contribution in [1.82, 2.24) is 0 Å². The Bertz CT molecular complexity index is 1170. The molecule has 0 aliphatic carbocycles. The zero-order valence-corrected chi connectivity index (χ0v) is 19.7. The Labute approximate surface area is 196 Å². The highest BCUT2D eigenvalue weighted by Gasteiger charge is 2.25. The minimum Gasteiger partial charge on any atom is -0.462 e. The van der Waals surface area contributed by atoms with Gasteiger partial charge in [0.25, 0.3) is 0 Å². The van der Waals surface area contributed by atoms with Crippen molar-refractivity contribution in [2.45, 2.75) is 27.2 Å². The Morgan fingerprint density at radius 2 is 1.94 bits per heavy atom. The van der Waals surface area contributed by atoms with Crippen molar-refractivity contribution in [2.75, 3.05) is 24.0 Å². The summed E-state index contributed by atoms with van der Waals surface area (Å²) in [5.74, 6) is 1.08. The van der Waals surface area contributed by atoms with E-state index in [1.54, 1.807) is 6.92 Å². The van der Waals surface area contributed by atoms with Gasteiger partial charge in [0, 0.05) is 10.6 Å². The second-order valence-corrected chi connectivity index (χ2v) is 9.01. The minimum atomic E-state index is -0.367. The number of carbonyl (C=O) groups excluding carboxylic acids is 1. The highest BCUT2D eigenvalue weighted by atomic mass is 32.1. The van der Waals surface area contributed by atoms with Gasteiger partial charge >= 0.3 is 5.97 Å². The molecule has 1 aliphatic rings. The molecule has 0 saturated heterocycles. The molecule has 0 amide bonds. The highest BCUT2D eigenvalue weighted by Crippen LogP contribution is 2.38. The van der Waals surface area contributed by atoms with Gasteiger partial charge in [0.05, 0.1) is 12.2 Å². The topological polar surface area (TPSA) is 68.8 Å². The number of benzene rings is 2. The standard InChI is InChI=1S/C24H24N2O4S2/c1-4-28-23(27)21-18(11-16-8-9-19-20(12-16)30-13-29-19)15(3)32-22(21)26-24(31)25-17-7-5-6-14(2)10-17/h5-10,12H,4,11,13H2,1-3H3,(H2,25,26,31). The number of esters is 1. The zero-order valence-electron chi connectivity index (χ0n) is 18.1. The van der Waals surface area contributed by atoms with E-state index in [0.29, 0.717) is 28.7 Å². The van der Waals surface area contributed by atoms with E-state index in [9.17, 15) is 4.79 Å². The van der Waals surface area contributed by atoms with Crippen molar-refractivity contribution < 1.29 is 19.0 Å². The second kappa shape index (κ2) is 9.58. The van der Waals surface area contributed by atoms with E-state index in [4.69, 9.17) is 26.4 Å². The van der Waals surface area contributed by atoms with Crippen LogP contribution in [0.1, 0.15) is 38.8 Å². The van der Waals surface area contributed by atoms with Gasteiger partial charge in [-0.2, -0.15) is 0 Å². The number of rotatable bonds is 6. The quantitative estimate of drug-likeness (QED) is 0.357. The molecule has 3 aromatic rings. The number of thiophene rings is 1. The third-order valence-corrected chi connectivity index (χ3v) is 6.28. The summed E-state index contributed by atoms with van der Waals surface area (Å²) in [6, 6.07) is 13.8. The molecule has 8 heteroatoms. The molecule has 0 saturated carbocycles. The molecule has 166 valence electrons. The molecule has 6 nitrogen and oxygen atoms in total. The summed E-state index contributed by atoms with van der Waals surface area (Å²) in [6.07, 6.45) is 0.562. The van der Waals surface area contributed by atoms with Crippen molar-refractivity contribution in [1.29, 1.82) is 0 Å². The predicted molar refractivity (Wildman–Crippen MR) is 131 cm³/mol. The highest BCUT2D eigenvalue weighted by molar-refractivity contribution is 7.80. The number of ether oxygens (including phenoxy) is 3. The third kappa shape index (κ3) is 4.87. The van der Waals surface area contributed by atoms with Gasteiger partial charge in [-0.15, -0.1) is 11.3 Å². The van der Waals surface area contributed by atoms with Gasteiger partial charge in [-0.1, -0.05) is 18.2 Å². The van der Waals surface area contributed by atoms with E-state index < -0.39 is 0 Å². The van der Waals surface area contributed by atoms with E-state index in [0.717, 1.165) is 38.8 Å². The van der Waals surface area contributed by atoms with Gasteiger partial charge in [-0.3, -0.25) is 0 Å². The van der Waals surface area contributed by atoms with Crippen LogP contribution in [0.25, 0.3) is 0 Å². The number of anilines is 2. The van der Waals surface area contributed by atoms with Gasteiger partial charge in [-0.25, -0.2) is 4.79 Å². The SMILES string of the molecule is CCOC(=O)c1c(NC(=S)Nc2cccc(C)c2)sc(C)c1Cc1ccc2c(c1)OCO2. The van der Waals surface area contributed by atoms with E-state index in [-0.39, 0.29) is 12.8 Å². The van der Waals surface area contributed by atoms with Crippen molar-refractivity contribution in [2.24, 2.45) is 0 Å². The molecule has 0 atom stereocenters. The number of thiocarbonyl (C=S) groups is 1.